The summed E-state index contributed by atoms with van der Waals surface area (Å²) in [5, 5.41) is 13.5. The lowest BCUT2D eigenvalue weighted by molar-refractivity contribution is 0.103. The van der Waals surface area contributed by atoms with Crippen molar-refractivity contribution in [3.8, 4) is 0 Å². The van der Waals surface area contributed by atoms with E-state index in [1.165, 1.54) is 12.3 Å². The normalized spacial score (nSPS) is 15.8. The molecule has 1 atom stereocenters. The summed E-state index contributed by atoms with van der Waals surface area (Å²) in [6.45, 7) is 1.59. The maximum absolute atomic E-state index is 13.1. The van der Waals surface area contributed by atoms with E-state index in [4.69, 9.17) is 11.6 Å². The molecule has 0 amide bonds. The number of aliphatic hydroxyl groups is 1. The van der Waals surface area contributed by atoms with Crippen LogP contribution < -0.4 is 10.2 Å². The molecule has 1 aromatic heterocycles. The van der Waals surface area contributed by atoms with E-state index in [9.17, 15) is 14.3 Å². The molecule has 0 bridgehead atoms. The lowest BCUT2D eigenvalue weighted by Gasteiger charge is -2.23. The monoisotopic (exact) mass is 439 g/mol. The average Bonchev–Trinajstić information content (AvgIpc) is 3.24. The molecule has 7 heteroatoms. The number of hydrogen-bond donors (Lipinski definition) is 2. The molecule has 2 N–H and O–H groups in total. The molecular weight excluding hydrogens is 417 g/mol. The number of benzene rings is 2. The zero-order valence-electron chi connectivity index (χ0n) is 16.9. The highest BCUT2D eigenvalue weighted by Crippen LogP contribution is 2.28. The van der Waals surface area contributed by atoms with Gasteiger partial charge in [0.1, 0.15) is 11.6 Å². The van der Waals surface area contributed by atoms with Crippen LogP contribution >= 0.6 is 11.6 Å². The van der Waals surface area contributed by atoms with Gasteiger partial charge in [0.2, 0.25) is 0 Å². The number of nitrogens with one attached hydrogen (secondary N) is 1. The molecule has 1 aliphatic rings. The van der Waals surface area contributed by atoms with Crippen molar-refractivity contribution in [1.82, 2.24) is 4.98 Å². The van der Waals surface area contributed by atoms with Crippen molar-refractivity contribution >= 4 is 28.9 Å². The van der Waals surface area contributed by atoms with Crippen LogP contribution in [0, 0.1) is 5.82 Å². The van der Waals surface area contributed by atoms with Gasteiger partial charge in [0.25, 0.3) is 0 Å². The molecule has 0 spiro atoms. The predicted octanol–water partition coefficient (Wildman–Crippen LogP) is 4.33. The van der Waals surface area contributed by atoms with Gasteiger partial charge in [-0.2, -0.15) is 0 Å². The highest BCUT2D eigenvalue weighted by atomic mass is 35.5. The van der Waals surface area contributed by atoms with Crippen molar-refractivity contribution in [2.75, 3.05) is 29.9 Å². The summed E-state index contributed by atoms with van der Waals surface area (Å²) in [5.74, 6) is 0.207. The van der Waals surface area contributed by atoms with Gasteiger partial charge in [-0.3, -0.25) is 4.79 Å². The number of nitrogens with zero attached hydrogens (tertiary/aromatic N) is 2. The molecule has 160 valence electrons. The van der Waals surface area contributed by atoms with Gasteiger partial charge in [0, 0.05) is 47.6 Å². The standard InChI is InChI=1S/C24H23ClFN3O2/c25-19-4-1-16(2-5-19)24(31)18-3-7-22(17(13-18)10-12-30)29-11-9-21(15-29)28-23-8-6-20(26)14-27-23/h1-8,13-14,21,30H,9-12,15H2,(H,27,28). The van der Waals surface area contributed by atoms with E-state index in [1.54, 1.807) is 30.3 Å². The Bertz CT molecular complexity index is 1060. The van der Waals surface area contributed by atoms with E-state index in [0.29, 0.717) is 28.4 Å². The van der Waals surface area contributed by atoms with Crippen LogP contribution in [-0.2, 0) is 6.42 Å². The molecule has 0 radical (unpaired) electrons. The lowest BCUT2D eigenvalue weighted by Crippen LogP contribution is -2.27. The lowest BCUT2D eigenvalue weighted by atomic mass is 9.98. The number of hydrogen-bond acceptors (Lipinski definition) is 5. The third kappa shape index (κ3) is 5.03. The molecule has 1 fully saturated rings. The van der Waals surface area contributed by atoms with Crippen LogP contribution in [0.1, 0.15) is 27.9 Å². The minimum atomic E-state index is -0.361. The molecule has 4 rings (SSSR count). The van der Waals surface area contributed by atoms with E-state index in [2.05, 4.69) is 15.2 Å². The van der Waals surface area contributed by atoms with Crippen LogP contribution in [0.4, 0.5) is 15.9 Å². The van der Waals surface area contributed by atoms with Crippen molar-refractivity contribution in [2.45, 2.75) is 18.9 Å². The first-order valence-electron chi connectivity index (χ1n) is 10.2. The second-order valence-corrected chi connectivity index (χ2v) is 8.03. The number of ketones is 1. The predicted molar refractivity (Wildman–Crippen MR) is 121 cm³/mol. The van der Waals surface area contributed by atoms with Crippen molar-refractivity contribution in [2.24, 2.45) is 0 Å². The molecule has 5 nitrogen and oxygen atoms in total. The van der Waals surface area contributed by atoms with Gasteiger partial charge in [-0.15, -0.1) is 0 Å². The summed E-state index contributed by atoms with van der Waals surface area (Å²) in [4.78, 5) is 19.2. The zero-order chi connectivity index (χ0) is 21.8. The number of pyridine rings is 1. The number of aliphatic hydroxyl groups excluding tert-OH is 1. The summed E-state index contributed by atoms with van der Waals surface area (Å²) >= 11 is 5.92. The number of rotatable bonds is 7. The third-order valence-corrected chi connectivity index (χ3v) is 5.69. The van der Waals surface area contributed by atoms with Crippen molar-refractivity contribution < 1.29 is 14.3 Å². The smallest absolute Gasteiger partial charge is 0.193 e. The maximum atomic E-state index is 13.1. The van der Waals surface area contributed by atoms with Crippen molar-refractivity contribution in [3.63, 3.8) is 0 Å². The highest BCUT2D eigenvalue weighted by molar-refractivity contribution is 6.30. The Kier molecular flexibility index (Phi) is 6.49. The molecular formula is C24H23ClFN3O2. The van der Waals surface area contributed by atoms with Crippen LogP contribution in [0.3, 0.4) is 0 Å². The van der Waals surface area contributed by atoms with E-state index in [1.807, 2.05) is 18.2 Å². The van der Waals surface area contributed by atoms with Gasteiger partial charge in [-0.05, 0) is 73.0 Å². The minimum Gasteiger partial charge on any atom is -0.396 e. The first kappa shape index (κ1) is 21.3. The van der Waals surface area contributed by atoms with Crippen LogP contribution in [0.15, 0.2) is 60.8 Å². The zero-order valence-corrected chi connectivity index (χ0v) is 17.6. The number of aromatic nitrogens is 1. The first-order valence-corrected chi connectivity index (χ1v) is 10.6. The summed E-state index contributed by atoms with van der Waals surface area (Å²) in [5.41, 5.74) is 3.10. The Morgan fingerprint density at radius 3 is 2.65 bits per heavy atom. The summed E-state index contributed by atoms with van der Waals surface area (Å²) < 4.78 is 13.1. The molecule has 1 saturated heterocycles. The van der Waals surface area contributed by atoms with Gasteiger partial charge < -0.3 is 15.3 Å². The quantitative estimate of drug-likeness (QED) is 0.536. The van der Waals surface area contributed by atoms with Crippen LogP contribution in [0.5, 0.6) is 0 Å². The largest absolute Gasteiger partial charge is 0.396 e. The maximum Gasteiger partial charge on any atom is 0.193 e. The Morgan fingerprint density at radius 1 is 1.16 bits per heavy atom. The Labute approximate surface area is 185 Å². The molecule has 2 heterocycles. The minimum absolute atomic E-state index is 0.000602. The molecule has 31 heavy (non-hydrogen) atoms. The summed E-state index contributed by atoms with van der Waals surface area (Å²) in [7, 11) is 0. The fourth-order valence-electron chi connectivity index (χ4n) is 3.89. The Hall–Kier alpha value is -2.96. The van der Waals surface area contributed by atoms with Crippen LogP contribution in [0.2, 0.25) is 5.02 Å². The third-order valence-electron chi connectivity index (χ3n) is 5.44. The number of anilines is 2. The van der Waals surface area contributed by atoms with Gasteiger partial charge in [-0.25, -0.2) is 9.37 Å². The van der Waals surface area contributed by atoms with E-state index in [0.717, 1.165) is 30.8 Å². The summed E-state index contributed by atoms with van der Waals surface area (Å²) in [6, 6.07) is 15.7. The van der Waals surface area contributed by atoms with Gasteiger partial charge in [0.15, 0.2) is 5.78 Å². The van der Waals surface area contributed by atoms with Crippen LogP contribution in [0.25, 0.3) is 0 Å². The van der Waals surface area contributed by atoms with Gasteiger partial charge in [0.05, 0.1) is 6.20 Å². The fourth-order valence-corrected chi connectivity index (χ4v) is 4.02. The fraction of sp³-hybridized carbons (Fsp3) is 0.250. The molecule has 0 aliphatic carbocycles. The molecule has 3 aromatic rings. The first-order chi connectivity index (χ1) is 15.0. The number of carbonyl (C=O) groups excluding carboxylic acids is 1. The van der Waals surface area contributed by atoms with E-state index in [-0.39, 0.29) is 24.2 Å². The SMILES string of the molecule is O=C(c1ccc(Cl)cc1)c1ccc(N2CCC(Nc3ccc(F)cn3)C2)c(CCO)c1. The Balaban J connectivity index is 1.51. The Morgan fingerprint density at radius 2 is 1.94 bits per heavy atom. The van der Waals surface area contributed by atoms with Crippen LogP contribution in [-0.4, -0.2) is 41.6 Å². The molecule has 2 aromatic carbocycles. The van der Waals surface area contributed by atoms with Gasteiger partial charge >= 0.3 is 0 Å². The molecule has 0 saturated carbocycles. The number of halogens is 2. The van der Waals surface area contributed by atoms with Gasteiger partial charge in [-0.1, -0.05) is 11.6 Å². The van der Waals surface area contributed by atoms with Crippen molar-refractivity contribution in [1.29, 1.82) is 0 Å². The van der Waals surface area contributed by atoms with Crippen molar-refractivity contribution in [3.05, 3.63) is 88.3 Å². The molecule has 1 unspecified atom stereocenters. The number of carbonyl (C=O) groups is 1. The molecule has 1 aliphatic heterocycles. The second-order valence-electron chi connectivity index (χ2n) is 7.59. The second kappa shape index (κ2) is 9.45. The van der Waals surface area contributed by atoms with E-state index < -0.39 is 0 Å². The summed E-state index contributed by atoms with van der Waals surface area (Å²) in [6.07, 6.45) is 2.57. The average molecular weight is 440 g/mol. The highest BCUT2D eigenvalue weighted by Gasteiger charge is 2.25. The van der Waals surface area contributed by atoms with E-state index >= 15 is 0 Å². The topological polar surface area (TPSA) is 65.5 Å².